The van der Waals surface area contributed by atoms with E-state index in [1.54, 1.807) is 0 Å². The Balaban J connectivity index is 1.15. The number of hydrogen-bond acceptors (Lipinski definition) is 4. The third-order valence-electron chi connectivity index (χ3n) is 11.4. The van der Waals surface area contributed by atoms with Crippen molar-refractivity contribution in [3.63, 3.8) is 0 Å². The molecule has 5 nitrogen and oxygen atoms in total. The van der Waals surface area contributed by atoms with E-state index in [2.05, 4.69) is 174 Å². The van der Waals surface area contributed by atoms with Crippen molar-refractivity contribution in [2.24, 2.45) is 0 Å². The molecule has 9 aromatic carbocycles. The Morgan fingerprint density at radius 2 is 1.02 bits per heavy atom. The number of furan rings is 1. The summed E-state index contributed by atoms with van der Waals surface area (Å²) in [7, 11) is 0. The number of rotatable bonds is 5. The average Bonchev–Trinajstić information content (AvgIpc) is 3.84. The van der Waals surface area contributed by atoms with Gasteiger partial charge in [-0.1, -0.05) is 158 Å². The van der Waals surface area contributed by atoms with E-state index in [1.165, 1.54) is 16.2 Å². The molecule has 0 fully saturated rings. The summed E-state index contributed by atoms with van der Waals surface area (Å²) in [5, 5.41) is 9.18. The third-order valence-corrected chi connectivity index (χ3v) is 11.4. The van der Waals surface area contributed by atoms with Crippen LogP contribution >= 0.6 is 0 Å². The Morgan fingerprint density at radius 3 is 1.84 bits per heavy atom. The Morgan fingerprint density at radius 1 is 0.362 bits per heavy atom. The minimum absolute atomic E-state index is 0.549. The molecule has 0 saturated heterocycles. The molecule has 0 saturated carbocycles. The molecule has 0 spiro atoms. The molecule has 0 aliphatic rings. The lowest BCUT2D eigenvalue weighted by atomic mass is 9.99. The highest BCUT2D eigenvalue weighted by atomic mass is 16.3. The molecule has 0 bridgehead atoms. The topological polar surface area (TPSA) is 56.7 Å². The molecule has 0 aliphatic carbocycles. The fourth-order valence-corrected chi connectivity index (χ4v) is 8.68. The molecule has 0 aliphatic heterocycles. The predicted molar refractivity (Wildman–Crippen MR) is 238 cm³/mol. The van der Waals surface area contributed by atoms with Gasteiger partial charge in [-0.2, -0.15) is 9.97 Å². The highest BCUT2D eigenvalue weighted by Crippen LogP contribution is 2.42. The van der Waals surface area contributed by atoms with Crippen molar-refractivity contribution in [1.82, 2.24) is 19.5 Å². The van der Waals surface area contributed by atoms with Crippen LogP contribution in [0.5, 0.6) is 0 Å². The van der Waals surface area contributed by atoms with Gasteiger partial charge < -0.3 is 4.42 Å². The van der Waals surface area contributed by atoms with E-state index in [9.17, 15) is 0 Å². The third kappa shape index (κ3) is 5.14. The van der Waals surface area contributed by atoms with Crippen molar-refractivity contribution in [2.75, 3.05) is 0 Å². The Labute approximate surface area is 333 Å². The Hall–Kier alpha value is -7.89. The van der Waals surface area contributed by atoms with E-state index in [0.717, 1.165) is 82.5 Å². The van der Waals surface area contributed by atoms with Crippen molar-refractivity contribution in [2.45, 2.75) is 0 Å². The highest BCUT2D eigenvalue weighted by molar-refractivity contribution is 6.20. The maximum absolute atomic E-state index is 6.59. The van der Waals surface area contributed by atoms with Gasteiger partial charge in [-0.3, -0.25) is 4.57 Å². The van der Waals surface area contributed by atoms with Crippen LogP contribution in [0.2, 0.25) is 0 Å². The van der Waals surface area contributed by atoms with Gasteiger partial charge in [0.15, 0.2) is 11.6 Å². The van der Waals surface area contributed by atoms with E-state index in [1.807, 2.05) is 24.3 Å². The van der Waals surface area contributed by atoms with Crippen LogP contribution in [-0.4, -0.2) is 19.5 Å². The first-order chi connectivity index (χ1) is 28.7. The summed E-state index contributed by atoms with van der Waals surface area (Å²) in [4.78, 5) is 15.8. The fourth-order valence-electron chi connectivity index (χ4n) is 8.68. The largest absolute Gasteiger partial charge is 0.456 e. The number of para-hydroxylation sites is 1. The molecule has 12 rings (SSSR count). The molecule has 58 heavy (non-hydrogen) atoms. The zero-order valence-corrected chi connectivity index (χ0v) is 31.2. The Kier molecular flexibility index (Phi) is 7.16. The number of hydrogen-bond donors (Lipinski definition) is 0. The summed E-state index contributed by atoms with van der Waals surface area (Å²) in [5.74, 6) is 1.76. The summed E-state index contributed by atoms with van der Waals surface area (Å²) in [6.07, 6.45) is 0. The first-order valence-corrected chi connectivity index (χ1v) is 19.5. The minimum atomic E-state index is 0.549. The maximum Gasteiger partial charge on any atom is 0.238 e. The van der Waals surface area contributed by atoms with Gasteiger partial charge in [0.25, 0.3) is 0 Å². The van der Waals surface area contributed by atoms with Crippen LogP contribution in [0.15, 0.2) is 199 Å². The van der Waals surface area contributed by atoms with Crippen LogP contribution in [0.3, 0.4) is 0 Å². The van der Waals surface area contributed by atoms with Crippen LogP contribution in [0, 0.1) is 0 Å². The van der Waals surface area contributed by atoms with Gasteiger partial charge in [0.05, 0.1) is 11.0 Å². The fraction of sp³-hybridized carbons (Fsp3) is 0. The van der Waals surface area contributed by atoms with Crippen LogP contribution in [-0.2, 0) is 0 Å². The van der Waals surface area contributed by atoms with Crippen LogP contribution in [0.4, 0.5) is 0 Å². The van der Waals surface area contributed by atoms with Crippen molar-refractivity contribution in [3.8, 4) is 51.0 Å². The number of aromatic nitrogens is 4. The van der Waals surface area contributed by atoms with Crippen LogP contribution in [0.1, 0.15) is 0 Å². The van der Waals surface area contributed by atoms with Gasteiger partial charge in [-0.05, 0) is 74.6 Å². The van der Waals surface area contributed by atoms with E-state index < -0.39 is 0 Å². The monoisotopic (exact) mass is 740 g/mol. The second-order valence-electron chi connectivity index (χ2n) is 14.8. The lowest BCUT2D eigenvalue weighted by Gasteiger charge is -2.13. The smallest absolute Gasteiger partial charge is 0.238 e. The molecular weight excluding hydrogens is 709 g/mol. The van der Waals surface area contributed by atoms with Gasteiger partial charge in [-0.25, -0.2) is 4.98 Å². The minimum Gasteiger partial charge on any atom is -0.456 e. The van der Waals surface area contributed by atoms with E-state index in [0.29, 0.717) is 17.6 Å². The molecule has 3 heterocycles. The zero-order chi connectivity index (χ0) is 38.2. The molecular formula is C53H32N4O. The second-order valence-corrected chi connectivity index (χ2v) is 14.8. The summed E-state index contributed by atoms with van der Waals surface area (Å²) < 4.78 is 8.83. The molecule has 0 N–H and O–H groups in total. The Bertz CT molecular complexity index is 3570. The van der Waals surface area contributed by atoms with Crippen molar-refractivity contribution >= 4 is 65.3 Å². The zero-order valence-electron chi connectivity index (χ0n) is 31.2. The van der Waals surface area contributed by atoms with E-state index >= 15 is 0 Å². The molecule has 5 heteroatoms. The van der Waals surface area contributed by atoms with Crippen molar-refractivity contribution < 1.29 is 4.42 Å². The maximum atomic E-state index is 6.59. The molecule has 0 atom stereocenters. The van der Waals surface area contributed by atoms with Gasteiger partial charge in [0.2, 0.25) is 5.95 Å². The molecule has 0 unspecified atom stereocenters. The van der Waals surface area contributed by atoms with Crippen molar-refractivity contribution in [1.29, 1.82) is 0 Å². The summed E-state index contributed by atoms with van der Waals surface area (Å²) in [5.41, 5.74) is 9.93. The molecule has 270 valence electrons. The SMILES string of the molecule is c1ccc(-c2cccc(-c3nc(-c4ccccc4)nc(-n4c5cc6ccccc6cc5c5cccc(-c6ccc7c(c6)oc6ccc8ccccc8c67)c54)n3)c2)cc1. The van der Waals surface area contributed by atoms with Gasteiger partial charge in [-0.15, -0.1) is 0 Å². The molecule has 0 amide bonds. The van der Waals surface area contributed by atoms with Crippen LogP contribution in [0.25, 0.3) is 116 Å². The van der Waals surface area contributed by atoms with Crippen LogP contribution < -0.4 is 0 Å². The van der Waals surface area contributed by atoms with Gasteiger partial charge >= 0.3 is 0 Å². The first kappa shape index (κ1) is 32.4. The lowest BCUT2D eigenvalue weighted by molar-refractivity contribution is 0.669. The molecule has 12 aromatic rings. The summed E-state index contributed by atoms with van der Waals surface area (Å²) in [6, 6.07) is 68.0. The molecule has 3 aromatic heterocycles. The number of fused-ring (bicyclic) bond motifs is 9. The van der Waals surface area contributed by atoms with E-state index in [4.69, 9.17) is 19.4 Å². The first-order valence-electron chi connectivity index (χ1n) is 19.5. The number of nitrogens with zero attached hydrogens (tertiary/aromatic N) is 4. The lowest BCUT2D eigenvalue weighted by Crippen LogP contribution is -2.07. The van der Waals surface area contributed by atoms with E-state index in [-0.39, 0.29) is 0 Å². The predicted octanol–water partition coefficient (Wildman–Crippen LogP) is 13.8. The quantitative estimate of drug-likeness (QED) is 0.176. The normalized spacial score (nSPS) is 11.8. The van der Waals surface area contributed by atoms with Gasteiger partial charge in [0.1, 0.15) is 11.2 Å². The molecule has 0 radical (unpaired) electrons. The highest BCUT2D eigenvalue weighted by Gasteiger charge is 2.22. The summed E-state index contributed by atoms with van der Waals surface area (Å²) >= 11 is 0. The van der Waals surface area contributed by atoms with Crippen molar-refractivity contribution in [3.05, 3.63) is 194 Å². The second kappa shape index (κ2) is 12.8. The average molecular weight is 741 g/mol. The number of benzene rings is 9. The van der Waals surface area contributed by atoms with Gasteiger partial charge in [0, 0.05) is 38.2 Å². The summed E-state index contributed by atoms with van der Waals surface area (Å²) in [6.45, 7) is 0. The standard InChI is InChI=1S/C53H32N4O/c1-3-13-33(14-4-1)36-20-11-21-40(29-36)52-54-51(35-16-5-2-6-17-35)55-53(56-52)57-46-31-38-19-8-7-18-37(38)30-45(46)43-24-12-23-42(50(43)57)39-25-27-44-48(32-39)58-47-28-26-34-15-9-10-22-41(34)49(44)47/h1-32H.